The number of carbonyl (C=O) groups is 1. The van der Waals surface area contributed by atoms with Crippen molar-refractivity contribution in [1.82, 2.24) is 0 Å². The molecule has 2 rings (SSSR count). The summed E-state index contributed by atoms with van der Waals surface area (Å²) in [5.74, 6) is 0.477. The Hall–Kier alpha value is -1.62. The monoisotopic (exact) mass is 372 g/mol. The van der Waals surface area contributed by atoms with Crippen LogP contribution in [0.15, 0.2) is 36.4 Å². The first kappa shape index (κ1) is 17.7. The summed E-state index contributed by atoms with van der Waals surface area (Å²) in [6.07, 6.45) is 0.296. The summed E-state index contributed by atoms with van der Waals surface area (Å²) in [5.41, 5.74) is 1.43. The number of methoxy groups -OCH3 is 1. The molecular formula is C16H15Cl3N2O2. The normalized spacial score (nSPS) is 10.3. The molecule has 0 spiro atoms. The van der Waals surface area contributed by atoms with Gasteiger partial charge in [0.05, 0.1) is 22.2 Å². The first-order valence-corrected chi connectivity index (χ1v) is 7.95. The van der Waals surface area contributed by atoms with Crippen LogP contribution in [0.1, 0.15) is 6.42 Å². The fraction of sp³-hybridized carbons (Fsp3) is 0.188. The second-order valence-electron chi connectivity index (χ2n) is 4.70. The average Bonchev–Trinajstić information content (AvgIpc) is 2.51. The number of benzene rings is 2. The third-order valence-electron chi connectivity index (χ3n) is 3.04. The maximum atomic E-state index is 11.9. The summed E-state index contributed by atoms with van der Waals surface area (Å²) in [7, 11) is 1.56. The summed E-state index contributed by atoms with van der Waals surface area (Å²) < 4.78 is 5.08. The maximum Gasteiger partial charge on any atom is 0.226 e. The van der Waals surface area contributed by atoms with Gasteiger partial charge >= 0.3 is 0 Å². The van der Waals surface area contributed by atoms with Crippen molar-refractivity contribution < 1.29 is 9.53 Å². The van der Waals surface area contributed by atoms with E-state index in [-0.39, 0.29) is 5.91 Å². The van der Waals surface area contributed by atoms with E-state index >= 15 is 0 Å². The Morgan fingerprint density at radius 2 is 1.70 bits per heavy atom. The van der Waals surface area contributed by atoms with Crippen molar-refractivity contribution in [2.75, 3.05) is 24.3 Å². The molecule has 0 aliphatic heterocycles. The van der Waals surface area contributed by atoms with Crippen molar-refractivity contribution in [1.29, 1.82) is 0 Å². The van der Waals surface area contributed by atoms with E-state index in [1.807, 2.05) is 6.07 Å². The molecule has 0 atom stereocenters. The van der Waals surface area contributed by atoms with Gasteiger partial charge in [-0.15, -0.1) is 0 Å². The van der Waals surface area contributed by atoms with Gasteiger partial charge in [-0.1, -0.05) is 34.8 Å². The number of hydrogen-bond acceptors (Lipinski definition) is 3. The van der Waals surface area contributed by atoms with Crippen LogP contribution in [-0.2, 0) is 4.79 Å². The van der Waals surface area contributed by atoms with Crippen molar-refractivity contribution in [2.45, 2.75) is 6.42 Å². The first-order chi connectivity index (χ1) is 11.0. The van der Waals surface area contributed by atoms with Gasteiger partial charge in [-0.3, -0.25) is 4.79 Å². The number of nitrogens with one attached hydrogen (secondary N) is 2. The van der Waals surface area contributed by atoms with Crippen LogP contribution >= 0.6 is 34.8 Å². The SMILES string of the molecule is COc1ccc(NCCC(=O)Nc2ccc(Cl)c(Cl)c2)cc1Cl. The third kappa shape index (κ3) is 5.20. The number of hydrogen-bond donors (Lipinski definition) is 2. The minimum Gasteiger partial charge on any atom is -0.495 e. The summed E-state index contributed by atoms with van der Waals surface area (Å²) in [4.78, 5) is 11.9. The molecule has 4 nitrogen and oxygen atoms in total. The van der Waals surface area contributed by atoms with E-state index in [0.717, 1.165) is 5.69 Å². The van der Waals surface area contributed by atoms with Crippen molar-refractivity contribution in [3.8, 4) is 5.75 Å². The molecule has 7 heteroatoms. The molecule has 23 heavy (non-hydrogen) atoms. The fourth-order valence-electron chi connectivity index (χ4n) is 1.89. The Bertz CT molecular complexity index is 708. The number of ether oxygens (including phenoxy) is 1. The topological polar surface area (TPSA) is 50.4 Å². The molecule has 2 aromatic carbocycles. The molecule has 2 aromatic rings. The maximum absolute atomic E-state index is 11.9. The zero-order chi connectivity index (χ0) is 16.8. The summed E-state index contributed by atoms with van der Waals surface area (Å²) in [6.45, 7) is 0.468. The van der Waals surface area contributed by atoms with Gasteiger partial charge in [0.15, 0.2) is 0 Å². The van der Waals surface area contributed by atoms with Crippen LogP contribution < -0.4 is 15.4 Å². The van der Waals surface area contributed by atoms with Crippen LogP contribution in [0, 0.1) is 0 Å². The summed E-state index contributed by atoms with van der Waals surface area (Å²) in [5, 5.41) is 7.24. The predicted octanol–water partition coefficient (Wildman–Crippen LogP) is 5.10. The van der Waals surface area contributed by atoms with Gasteiger partial charge in [-0.05, 0) is 36.4 Å². The lowest BCUT2D eigenvalue weighted by molar-refractivity contribution is -0.115. The van der Waals surface area contributed by atoms with E-state index in [1.165, 1.54) is 0 Å². The zero-order valence-electron chi connectivity index (χ0n) is 12.3. The summed E-state index contributed by atoms with van der Waals surface area (Å²) in [6, 6.07) is 10.3. The van der Waals surface area contributed by atoms with E-state index in [9.17, 15) is 4.79 Å². The molecule has 0 aliphatic rings. The van der Waals surface area contributed by atoms with Crippen LogP contribution in [0.5, 0.6) is 5.75 Å². The number of anilines is 2. The standard InChI is InChI=1S/C16H15Cl3N2O2/c1-23-15-5-3-10(8-14(15)19)20-7-6-16(22)21-11-2-4-12(17)13(18)9-11/h2-5,8-9,20H,6-7H2,1H3,(H,21,22). The highest BCUT2D eigenvalue weighted by Crippen LogP contribution is 2.27. The van der Waals surface area contributed by atoms with Crippen molar-refractivity contribution in [2.24, 2.45) is 0 Å². The molecule has 0 radical (unpaired) electrons. The van der Waals surface area contributed by atoms with Crippen molar-refractivity contribution in [3.63, 3.8) is 0 Å². The molecule has 0 bridgehead atoms. The van der Waals surface area contributed by atoms with Crippen LogP contribution in [0.3, 0.4) is 0 Å². The number of amides is 1. The quantitative estimate of drug-likeness (QED) is 0.741. The lowest BCUT2D eigenvalue weighted by Gasteiger charge is -2.10. The lowest BCUT2D eigenvalue weighted by atomic mass is 10.2. The molecule has 1 amide bonds. The molecule has 0 fully saturated rings. The second-order valence-corrected chi connectivity index (χ2v) is 5.92. The minimum absolute atomic E-state index is 0.129. The minimum atomic E-state index is -0.129. The van der Waals surface area contributed by atoms with Crippen molar-refractivity contribution >= 4 is 52.1 Å². The largest absolute Gasteiger partial charge is 0.495 e. The van der Waals surface area contributed by atoms with Gasteiger partial charge in [0, 0.05) is 24.3 Å². The molecular weight excluding hydrogens is 359 g/mol. The molecule has 0 saturated carbocycles. The Balaban J connectivity index is 1.82. The predicted molar refractivity (Wildman–Crippen MR) is 96.2 cm³/mol. The van der Waals surface area contributed by atoms with Gasteiger partial charge in [0.2, 0.25) is 5.91 Å². The molecule has 0 aliphatic carbocycles. The van der Waals surface area contributed by atoms with Crippen LogP contribution in [0.2, 0.25) is 15.1 Å². The molecule has 0 aromatic heterocycles. The number of rotatable bonds is 6. The van der Waals surface area contributed by atoms with Crippen LogP contribution in [-0.4, -0.2) is 19.6 Å². The van der Waals surface area contributed by atoms with Crippen LogP contribution in [0.25, 0.3) is 0 Å². The number of carbonyl (C=O) groups excluding carboxylic acids is 1. The van der Waals surface area contributed by atoms with Gasteiger partial charge in [-0.2, -0.15) is 0 Å². The average molecular weight is 374 g/mol. The van der Waals surface area contributed by atoms with E-state index < -0.39 is 0 Å². The number of halogens is 3. The highest BCUT2D eigenvalue weighted by Gasteiger charge is 2.06. The summed E-state index contributed by atoms with van der Waals surface area (Å²) >= 11 is 17.8. The fourth-order valence-corrected chi connectivity index (χ4v) is 2.45. The molecule has 0 saturated heterocycles. The Morgan fingerprint density at radius 1 is 1.00 bits per heavy atom. The Morgan fingerprint density at radius 3 is 2.35 bits per heavy atom. The Kier molecular flexibility index (Phi) is 6.39. The van der Waals surface area contributed by atoms with E-state index in [1.54, 1.807) is 37.4 Å². The van der Waals surface area contributed by atoms with Crippen molar-refractivity contribution in [3.05, 3.63) is 51.5 Å². The molecule has 122 valence electrons. The van der Waals surface area contributed by atoms with Gasteiger partial charge in [-0.25, -0.2) is 0 Å². The highest BCUT2D eigenvalue weighted by molar-refractivity contribution is 6.42. The smallest absolute Gasteiger partial charge is 0.226 e. The molecule has 0 unspecified atom stereocenters. The van der Waals surface area contributed by atoms with Gasteiger partial charge in [0.25, 0.3) is 0 Å². The first-order valence-electron chi connectivity index (χ1n) is 6.82. The van der Waals surface area contributed by atoms with Crippen LogP contribution in [0.4, 0.5) is 11.4 Å². The third-order valence-corrected chi connectivity index (χ3v) is 4.07. The van der Waals surface area contributed by atoms with E-state index in [2.05, 4.69) is 10.6 Å². The molecule has 0 heterocycles. The van der Waals surface area contributed by atoms with Gasteiger partial charge in [0.1, 0.15) is 5.75 Å². The molecule has 2 N–H and O–H groups in total. The Labute approximate surface area is 149 Å². The zero-order valence-corrected chi connectivity index (χ0v) is 14.6. The van der Waals surface area contributed by atoms with Gasteiger partial charge < -0.3 is 15.4 Å². The van der Waals surface area contributed by atoms with E-state index in [4.69, 9.17) is 39.5 Å². The lowest BCUT2D eigenvalue weighted by Crippen LogP contribution is -2.16. The second kappa shape index (κ2) is 8.29. The highest BCUT2D eigenvalue weighted by atomic mass is 35.5. The van der Waals surface area contributed by atoms with E-state index in [0.29, 0.717) is 39.5 Å².